The molecule has 2 N–H and O–H groups in total. The van der Waals surface area contributed by atoms with Gasteiger partial charge in [0.05, 0.1) is 22.3 Å². The Morgan fingerprint density at radius 1 is 1.42 bits per heavy atom. The van der Waals surface area contributed by atoms with Gasteiger partial charge in [-0.1, -0.05) is 34.6 Å². The summed E-state index contributed by atoms with van der Waals surface area (Å²) in [5.41, 5.74) is 1.38. The number of anilines is 1. The molecule has 0 fully saturated rings. The molecule has 2 aromatic heterocycles. The minimum Gasteiger partial charge on any atom is -0.478 e. The SMILES string of the molecule is CC=C(C=C(C)Sc1c(C)n(CC(=O)Nc2cnoc2)c2c(F)c(Cl)ccc12)C(=O)O. The first-order valence-corrected chi connectivity index (χ1v) is 10.3. The number of fused-ring (bicyclic) bond motifs is 1. The molecule has 0 atom stereocenters. The van der Waals surface area contributed by atoms with Crippen LogP contribution < -0.4 is 5.32 Å². The Bertz CT molecular complexity index is 1220. The van der Waals surface area contributed by atoms with E-state index < -0.39 is 17.7 Å². The van der Waals surface area contributed by atoms with E-state index in [4.69, 9.17) is 16.1 Å². The summed E-state index contributed by atoms with van der Waals surface area (Å²) in [4.78, 5) is 25.2. The van der Waals surface area contributed by atoms with Crippen molar-refractivity contribution in [2.45, 2.75) is 32.2 Å². The first-order valence-electron chi connectivity index (χ1n) is 9.14. The Balaban J connectivity index is 2.04. The Hall–Kier alpha value is -3.04. The molecule has 162 valence electrons. The van der Waals surface area contributed by atoms with Gasteiger partial charge in [0.15, 0.2) is 5.82 Å². The van der Waals surface area contributed by atoms with Crippen molar-refractivity contribution in [2.24, 2.45) is 0 Å². The summed E-state index contributed by atoms with van der Waals surface area (Å²) < 4.78 is 21.2. The summed E-state index contributed by atoms with van der Waals surface area (Å²) in [6, 6.07) is 3.14. The fourth-order valence-corrected chi connectivity index (χ4v) is 4.28. The molecular formula is C21H19ClFN3O4S. The minimum atomic E-state index is -1.04. The van der Waals surface area contributed by atoms with Gasteiger partial charge in [-0.3, -0.25) is 4.79 Å². The molecule has 0 saturated heterocycles. The third-order valence-corrected chi connectivity index (χ3v) is 5.97. The van der Waals surface area contributed by atoms with Crippen LogP contribution in [0.2, 0.25) is 5.02 Å². The van der Waals surface area contributed by atoms with Crippen molar-refractivity contribution in [1.82, 2.24) is 9.72 Å². The summed E-state index contributed by atoms with van der Waals surface area (Å²) in [6.07, 6.45) is 5.68. The standard InChI is InChI=1S/C21H19ClFN3O4S/c1-4-13(21(28)29)7-11(2)31-20-12(3)26(9-17(27)25-14-8-24-30-10-14)19-15(20)5-6-16(22)18(19)23/h4-8,10H,9H2,1-3H3,(H,25,27)(H,28,29). The monoisotopic (exact) mass is 463 g/mol. The van der Waals surface area contributed by atoms with Crippen LogP contribution in [0.15, 0.2) is 56.6 Å². The highest BCUT2D eigenvalue weighted by Crippen LogP contribution is 2.40. The van der Waals surface area contributed by atoms with E-state index in [2.05, 4.69) is 10.5 Å². The number of carbonyl (C=O) groups excluding carboxylic acids is 1. The number of thioether (sulfide) groups is 1. The third kappa shape index (κ3) is 4.83. The molecule has 0 bridgehead atoms. The number of amides is 1. The maximum absolute atomic E-state index is 15.0. The molecule has 0 unspecified atom stereocenters. The van der Waals surface area contributed by atoms with Crippen molar-refractivity contribution in [1.29, 1.82) is 0 Å². The van der Waals surface area contributed by atoms with Crippen molar-refractivity contribution in [2.75, 3.05) is 5.32 Å². The Labute approximate surface area is 186 Å². The van der Waals surface area contributed by atoms with E-state index in [-0.39, 0.29) is 22.7 Å². The van der Waals surface area contributed by atoms with E-state index in [0.717, 1.165) is 0 Å². The van der Waals surface area contributed by atoms with E-state index in [1.165, 1.54) is 36.4 Å². The van der Waals surface area contributed by atoms with Crippen LogP contribution >= 0.6 is 23.4 Å². The highest BCUT2D eigenvalue weighted by molar-refractivity contribution is 8.03. The zero-order valence-electron chi connectivity index (χ0n) is 16.9. The number of carboxylic acids is 1. The summed E-state index contributed by atoms with van der Waals surface area (Å²) in [6.45, 7) is 5.01. The lowest BCUT2D eigenvalue weighted by Gasteiger charge is -2.09. The quantitative estimate of drug-likeness (QED) is 0.277. The highest BCUT2D eigenvalue weighted by Gasteiger charge is 2.22. The lowest BCUT2D eigenvalue weighted by molar-refractivity contribution is -0.132. The molecular weight excluding hydrogens is 445 g/mol. The molecule has 2 heterocycles. The number of benzene rings is 1. The van der Waals surface area contributed by atoms with Crippen molar-refractivity contribution in [3.8, 4) is 0 Å². The van der Waals surface area contributed by atoms with Gasteiger partial charge in [-0.2, -0.15) is 0 Å². The third-order valence-electron chi connectivity index (χ3n) is 4.51. The number of hydrogen-bond donors (Lipinski definition) is 2. The fourth-order valence-electron chi connectivity index (χ4n) is 3.09. The number of aromatic nitrogens is 2. The lowest BCUT2D eigenvalue weighted by atomic mass is 10.2. The van der Waals surface area contributed by atoms with E-state index in [9.17, 15) is 19.1 Å². The van der Waals surface area contributed by atoms with Gasteiger partial charge in [0.2, 0.25) is 5.91 Å². The number of aliphatic carboxylic acids is 1. The summed E-state index contributed by atoms with van der Waals surface area (Å²) >= 11 is 7.30. The maximum Gasteiger partial charge on any atom is 0.335 e. The Morgan fingerprint density at radius 2 is 2.16 bits per heavy atom. The molecule has 31 heavy (non-hydrogen) atoms. The van der Waals surface area contributed by atoms with E-state index in [0.29, 0.717) is 26.6 Å². The van der Waals surface area contributed by atoms with Gasteiger partial charge in [0.1, 0.15) is 18.5 Å². The van der Waals surface area contributed by atoms with Crippen LogP contribution in [0, 0.1) is 12.7 Å². The number of nitrogens with zero attached hydrogens (tertiary/aromatic N) is 2. The largest absolute Gasteiger partial charge is 0.478 e. The first-order chi connectivity index (χ1) is 14.7. The number of rotatable bonds is 7. The predicted octanol–water partition coefficient (Wildman–Crippen LogP) is 5.40. The van der Waals surface area contributed by atoms with E-state index in [1.807, 2.05) is 0 Å². The van der Waals surface area contributed by atoms with Crippen molar-refractivity contribution >= 4 is 51.8 Å². The Kier molecular flexibility index (Phi) is 6.87. The topological polar surface area (TPSA) is 97.4 Å². The summed E-state index contributed by atoms with van der Waals surface area (Å²) in [7, 11) is 0. The molecule has 1 aromatic carbocycles. The van der Waals surface area contributed by atoms with Gasteiger partial charge in [-0.15, -0.1) is 0 Å². The second-order valence-electron chi connectivity index (χ2n) is 6.63. The molecule has 0 spiro atoms. The van der Waals surface area contributed by atoms with E-state index in [1.54, 1.807) is 37.5 Å². The first kappa shape index (κ1) is 22.6. The van der Waals surface area contributed by atoms with Crippen LogP contribution in [0.25, 0.3) is 10.9 Å². The number of hydrogen-bond acceptors (Lipinski definition) is 5. The van der Waals surface area contributed by atoms with Gasteiger partial charge in [0, 0.05) is 16.0 Å². The van der Waals surface area contributed by atoms with Gasteiger partial charge in [-0.25, -0.2) is 9.18 Å². The number of halogens is 2. The number of carbonyl (C=O) groups is 2. The number of carboxylic acid groups (broad SMARTS) is 1. The minimum absolute atomic E-state index is 0.0587. The number of nitrogens with one attached hydrogen (secondary N) is 1. The van der Waals surface area contributed by atoms with E-state index >= 15 is 0 Å². The van der Waals surface area contributed by atoms with Crippen LogP contribution in [0.1, 0.15) is 19.5 Å². The summed E-state index contributed by atoms with van der Waals surface area (Å²) in [5.74, 6) is -2.06. The second kappa shape index (κ2) is 9.40. The second-order valence-corrected chi connectivity index (χ2v) is 8.29. The van der Waals surface area contributed by atoms with Gasteiger partial charge < -0.3 is 19.5 Å². The average molecular weight is 464 g/mol. The molecule has 10 heteroatoms. The van der Waals surface area contributed by atoms with Gasteiger partial charge in [-0.05, 0) is 43.9 Å². The van der Waals surface area contributed by atoms with Crippen LogP contribution in [0.3, 0.4) is 0 Å². The van der Waals surface area contributed by atoms with Gasteiger partial charge >= 0.3 is 5.97 Å². The zero-order chi connectivity index (χ0) is 22.7. The normalized spacial score (nSPS) is 12.4. The highest BCUT2D eigenvalue weighted by atomic mass is 35.5. The Morgan fingerprint density at radius 3 is 2.77 bits per heavy atom. The predicted molar refractivity (Wildman–Crippen MR) is 118 cm³/mol. The molecule has 0 radical (unpaired) electrons. The van der Waals surface area contributed by atoms with Crippen molar-refractivity contribution in [3.63, 3.8) is 0 Å². The maximum atomic E-state index is 15.0. The molecule has 0 aliphatic carbocycles. The molecule has 0 aliphatic rings. The lowest BCUT2D eigenvalue weighted by Crippen LogP contribution is -2.19. The van der Waals surface area contributed by atoms with Crippen LogP contribution in [0.5, 0.6) is 0 Å². The van der Waals surface area contributed by atoms with Crippen LogP contribution in [0.4, 0.5) is 10.1 Å². The molecule has 3 rings (SSSR count). The number of allylic oxidation sites excluding steroid dienone is 2. The molecule has 0 aliphatic heterocycles. The van der Waals surface area contributed by atoms with Crippen molar-refractivity contribution in [3.05, 3.63) is 63.8 Å². The average Bonchev–Trinajstić information content (AvgIpc) is 3.31. The summed E-state index contributed by atoms with van der Waals surface area (Å²) in [5, 5.41) is 15.9. The molecule has 7 nitrogen and oxygen atoms in total. The molecule has 1 amide bonds. The van der Waals surface area contributed by atoms with Gasteiger partial charge in [0.25, 0.3) is 0 Å². The molecule has 3 aromatic rings. The van der Waals surface area contributed by atoms with Crippen molar-refractivity contribution < 1.29 is 23.6 Å². The zero-order valence-corrected chi connectivity index (χ0v) is 18.5. The fraction of sp³-hybridized carbons (Fsp3) is 0.190. The smallest absolute Gasteiger partial charge is 0.335 e. The molecule has 0 saturated carbocycles. The van der Waals surface area contributed by atoms with Crippen LogP contribution in [-0.4, -0.2) is 26.7 Å². The van der Waals surface area contributed by atoms with Crippen LogP contribution in [-0.2, 0) is 16.1 Å².